The van der Waals surface area contributed by atoms with E-state index in [4.69, 9.17) is 17.3 Å². The minimum atomic E-state index is -1.65. The van der Waals surface area contributed by atoms with Crippen molar-refractivity contribution in [1.82, 2.24) is 0 Å². The minimum Gasteiger partial charge on any atom is -0.481 e. The highest BCUT2D eigenvalue weighted by atomic mass is 35.5. The molecule has 0 aliphatic heterocycles. The average Bonchev–Trinajstić information content (AvgIpc) is 2.77. The summed E-state index contributed by atoms with van der Waals surface area (Å²) in [5.41, 5.74) is 4.41. The first-order valence-corrected chi connectivity index (χ1v) is 8.84. The highest BCUT2D eigenvalue weighted by Gasteiger charge is 2.57. The Morgan fingerprint density at radius 2 is 2.12 bits per heavy atom. The van der Waals surface area contributed by atoms with Gasteiger partial charge in [0, 0.05) is 27.5 Å². The predicted octanol–water partition coefficient (Wildman–Crippen LogP) is 1.93. The fourth-order valence-electron chi connectivity index (χ4n) is 3.16. The van der Waals surface area contributed by atoms with Gasteiger partial charge in [-0.1, -0.05) is 24.6 Å². The molecule has 0 spiro atoms. The fourth-order valence-corrected chi connectivity index (χ4v) is 4.66. The van der Waals surface area contributed by atoms with Crippen LogP contribution in [0.1, 0.15) is 13.3 Å². The van der Waals surface area contributed by atoms with Gasteiger partial charge in [0.1, 0.15) is 5.54 Å². The van der Waals surface area contributed by atoms with Gasteiger partial charge < -0.3 is 21.1 Å². The SMILES string of the molecule is C[C@@H](C(=O)O)[C@H]1C[C@](N)(C(=O)O)[C@H](CSc2cccc(Cl)c2)[C@H]1O. The van der Waals surface area contributed by atoms with Gasteiger partial charge in [-0.15, -0.1) is 11.8 Å². The van der Waals surface area contributed by atoms with Crippen LogP contribution in [0.2, 0.25) is 5.02 Å². The number of hydrogen-bond donors (Lipinski definition) is 4. The van der Waals surface area contributed by atoms with Crippen LogP contribution in [0.4, 0.5) is 0 Å². The van der Waals surface area contributed by atoms with Gasteiger partial charge in [0.05, 0.1) is 12.0 Å². The van der Waals surface area contributed by atoms with E-state index in [2.05, 4.69) is 0 Å². The number of thioether (sulfide) groups is 1. The second-order valence-corrected chi connectivity index (χ2v) is 7.74. The zero-order valence-corrected chi connectivity index (χ0v) is 14.6. The molecule has 0 bridgehead atoms. The van der Waals surface area contributed by atoms with E-state index in [1.54, 1.807) is 18.2 Å². The lowest BCUT2D eigenvalue weighted by Gasteiger charge is -2.28. The van der Waals surface area contributed by atoms with Gasteiger partial charge in [-0.05, 0) is 24.6 Å². The van der Waals surface area contributed by atoms with Crippen LogP contribution >= 0.6 is 23.4 Å². The number of rotatable bonds is 6. The molecule has 1 aliphatic carbocycles. The summed E-state index contributed by atoms with van der Waals surface area (Å²) >= 11 is 7.27. The van der Waals surface area contributed by atoms with Crippen LogP contribution in [-0.2, 0) is 9.59 Å². The first-order valence-electron chi connectivity index (χ1n) is 7.48. The van der Waals surface area contributed by atoms with Crippen molar-refractivity contribution >= 4 is 35.3 Å². The van der Waals surface area contributed by atoms with Crippen molar-refractivity contribution in [3.8, 4) is 0 Å². The van der Waals surface area contributed by atoms with Gasteiger partial charge in [-0.25, -0.2) is 0 Å². The maximum absolute atomic E-state index is 11.7. The molecule has 0 saturated heterocycles. The number of hydrogen-bond acceptors (Lipinski definition) is 5. The molecule has 132 valence electrons. The molecule has 0 aromatic heterocycles. The molecule has 1 aliphatic rings. The predicted molar refractivity (Wildman–Crippen MR) is 91.1 cm³/mol. The number of carboxylic acid groups (broad SMARTS) is 2. The van der Waals surface area contributed by atoms with Gasteiger partial charge in [0.15, 0.2) is 0 Å². The largest absolute Gasteiger partial charge is 0.481 e. The van der Waals surface area contributed by atoms with E-state index >= 15 is 0 Å². The van der Waals surface area contributed by atoms with Crippen molar-refractivity contribution in [3.05, 3.63) is 29.3 Å². The molecule has 8 heteroatoms. The van der Waals surface area contributed by atoms with Crippen molar-refractivity contribution in [2.45, 2.75) is 29.9 Å². The maximum Gasteiger partial charge on any atom is 0.324 e. The van der Waals surface area contributed by atoms with E-state index in [1.165, 1.54) is 18.7 Å². The third-order valence-electron chi connectivity index (χ3n) is 4.74. The Morgan fingerprint density at radius 1 is 1.46 bits per heavy atom. The van der Waals surface area contributed by atoms with Gasteiger partial charge >= 0.3 is 11.9 Å². The molecular weight excluding hydrogens is 354 g/mol. The Kier molecular flexibility index (Phi) is 5.80. The normalized spacial score (nSPS) is 30.9. The van der Waals surface area contributed by atoms with Crippen LogP contribution in [0, 0.1) is 17.8 Å². The Labute approximate surface area is 149 Å². The number of aliphatic carboxylic acids is 2. The summed E-state index contributed by atoms with van der Waals surface area (Å²) in [7, 11) is 0. The van der Waals surface area contributed by atoms with Gasteiger partial charge in [-0.2, -0.15) is 0 Å². The molecule has 1 aromatic rings. The molecular formula is C16H20ClNO5S. The molecule has 0 radical (unpaired) electrons. The maximum atomic E-state index is 11.7. The van der Waals surface area contributed by atoms with E-state index in [-0.39, 0.29) is 12.2 Å². The topological polar surface area (TPSA) is 121 Å². The lowest BCUT2D eigenvalue weighted by Crippen LogP contribution is -2.53. The monoisotopic (exact) mass is 373 g/mol. The Balaban J connectivity index is 2.21. The second-order valence-electron chi connectivity index (χ2n) is 6.21. The lowest BCUT2D eigenvalue weighted by atomic mass is 9.88. The standard InChI is InChI=1S/C16H20ClNO5S/c1-8(14(20)21)11-6-16(18,15(22)23)12(13(11)19)7-24-10-4-2-3-9(17)5-10/h2-5,8,11-13,19H,6-7,18H2,1H3,(H,20,21)(H,22,23)/t8-,11-,12-,13+,16-/m1/s1. The van der Waals surface area contributed by atoms with Crippen molar-refractivity contribution < 1.29 is 24.9 Å². The van der Waals surface area contributed by atoms with E-state index in [9.17, 15) is 24.9 Å². The summed E-state index contributed by atoms with van der Waals surface area (Å²) in [6, 6.07) is 7.07. The van der Waals surface area contributed by atoms with Crippen molar-refractivity contribution in [1.29, 1.82) is 0 Å². The fraction of sp³-hybridized carbons (Fsp3) is 0.500. The van der Waals surface area contributed by atoms with Gasteiger partial charge in [0.25, 0.3) is 0 Å². The number of benzene rings is 1. The molecule has 2 rings (SSSR count). The third-order valence-corrected chi connectivity index (χ3v) is 6.09. The van der Waals surface area contributed by atoms with Crippen LogP contribution in [0.5, 0.6) is 0 Å². The first kappa shape index (κ1) is 19.1. The smallest absolute Gasteiger partial charge is 0.324 e. The number of nitrogens with two attached hydrogens (primary N) is 1. The molecule has 6 nitrogen and oxygen atoms in total. The summed E-state index contributed by atoms with van der Waals surface area (Å²) in [4.78, 5) is 23.7. The van der Waals surface area contributed by atoms with Crippen LogP contribution in [0.15, 0.2) is 29.2 Å². The van der Waals surface area contributed by atoms with Gasteiger partial charge in [-0.3, -0.25) is 9.59 Å². The molecule has 0 amide bonds. The van der Waals surface area contributed by atoms with E-state index < -0.39 is 41.3 Å². The molecule has 5 N–H and O–H groups in total. The molecule has 1 aromatic carbocycles. The number of carboxylic acids is 2. The summed E-state index contributed by atoms with van der Waals surface area (Å²) in [6.45, 7) is 1.46. The number of aliphatic hydroxyl groups is 1. The minimum absolute atomic E-state index is 0.0717. The van der Waals surface area contributed by atoms with Crippen LogP contribution in [0.3, 0.4) is 0 Å². The number of carbonyl (C=O) groups is 2. The zero-order valence-electron chi connectivity index (χ0n) is 13.1. The summed E-state index contributed by atoms with van der Waals surface area (Å²) in [6.07, 6.45) is -1.17. The van der Waals surface area contributed by atoms with E-state index in [0.29, 0.717) is 5.02 Å². The Bertz CT molecular complexity index is 643. The van der Waals surface area contributed by atoms with E-state index in [0.717, 1.165) is 4.90 Å². The average molecular weight is 374 g/mol. The number of halogens is 1. The third kappa shape index (κ3) is 3.69. The Morgan fingerprint density at radius 3 is 2.67 bits per heavy atom. The summed E-state index contributed by atoms with van der Waals surface area (Å²) in [5, 5.41) is 29.8. The first-order chi connectivity index (χ1) is 11.2. The second kappa shape index (κ2) is 7.31. The van der Waals surface area contributed by atoms with Crippen molar-refractivity contribution in [3.63, 3.8) is 0 Å². The van der Waals surface area contributed by atoms with Crippen LogP contribution in [0.25, 0.3) is 0 Å². The van der Waals surface area contributed by atoms with Crippen molar-refractivity contribution in [2.75, 3.05) is 5.75 Å². The van der Waals surface area contributed by atoms with Crippen LogP contribution < -0.4 is 5.73 Å². The number of aliphatic hydroxyl groups excluding tert-OH is 1. The highest BCUT2D eigenvalue weighted by Crippen LogP contribution is 2.44. The molecule has 0 heterocycles. The van der Waals surface area contributed by atoms with E-state index in [1.807, 2.05) is 6.07 Å². The molecule has 24 heavy (non-hydrogen) atoms. The highest BCUT2D eigenvalue weighted by molar-refractivity contribution is 7.99. The lowest BCUT2D eigenvalue weighted by molar-refractivity contribution is -0.146. The quantitative estimate of drug-likeness (QED) is 0.562. The van der Waals surface area contributed by atoms with Crippen molar-refractivity contribution in [2.24, 2.45) is 23.5 Å². The molecule has 5 atom stereocenters. The van der Waals surface area contributed by atoms with Crippen LogP contribution in [-0.4, -0.2) is 44.7 Å². The molecule has 1 saturated carbocycles. The molecule has 1 fully saturated rings. The summed E-state index contributed by atoms with van der Waals surface area (Å²) < 4.78 is 0. The van der Waals surface area contributed by atoms with Gasteiger partial charge in [0.2, 0.25) is 0 Å². The zero-order chi connectivity index (χ0) is 18.1. The summed E-state index contributed by atoms with van der Waals surface area (Å²) in [5.74, 6) is -4.37. The molecule has 0 unspecified atom stereocenters. The Hall–Kier alpha value is -1.28.